The van der Waals surface area contributed by atoms with E-state index in [1.54, 1.807) is 0 Å². The first kappa shape index (κ1) is 14.9. The van der Waals surface area contributed by atoms with E-state index in [4.69, 9.17) is 28.9 Å². The van der Waals surface area contributed by atoms with Gasteiger partial charge < -0.3 is 16.2 Å². The SMILES string of the molecule is NCC(C1CCNCC1)C1CC(Cl)C(Cl)CC1O. The second-order valence-corrected chi connectivity index (χ2v) is 6.84. The number of hydrogen-bond donors (Lipinski definition) is 3. The molecule has 0 bridgehead atoms. The van der Waals surface area contributed by atoms with Gasteiger partial charge in [0.15, 0.2) is 0 Å². The summed E-state index contributed by atoms with van der Waals surface area (Å²) in [6.07, 6.45) is 3.36. The van der Waals surface area contributed by atoms with Crippen molar-refractivity contribution in [2.75, 3.05) is 19.6 Å². The number of alkyl halides is 2. The van der Waals surface area contributed by atoms with Crippen LogP contribution in [0, 0.1) is 17.8 Å². The predicted octanol–water partition coefficient (Wildman–Crippen LogP) is 1.55. The highest BCUT2D eigenvalue weighted by Gasteiger charge is 2.40. The van der Waals surface area contributed by atoms with Gasteiger partial charge in [0.25, 0.3) is 0 Å². The Kier molecular flexibility index (Phi) is 5.58. The smallest absolute Gasteiger partial charge is 0.0586 e. The van der Waals surface area contributed by atoms with Crippen LogP contribution in [-0.2, 0) is 0 Å². The van der Waals surface area contributed by atoms with E-state index >= 15 is 0 Å². The number of nitrogens with two attached hydrogens (primary N) is 1. The molecule has 0 amide bonds. The zero-order chi connectivity index (χ0) is 13.1. The maximum atomic E-state index is 10.3. The topological polar surface area (TPSA) is 58.3 Å². The van der Waals surface area contributed by atoms with Crippen molar-refractivity contribution < 1.29 is 5.11 Å². The first-order chi connectivity index (χ1) is 8.63. The summed E-state index contributed by atoms with van der Waals surface area (Å²) >= 11 is 12.4. The molecular weight excluding hydrogens is 271 g/mol. The number of halogens is 2. The lowest BCUT2D eigenvalue weighted by Crippen LogP contribution is -2.46. The van der Waals surface area contributed by atoms with Crippen LogP contribution in [0.4, 0.5) is 0 Å². The standard InChI is InChI=1S/C13H24Cl2N2O/c14-11-5-9(13(18)6-12(11)15)10(7-16)8-1-3-17-4-2-8/h8-13,17-18H,1-7,16H2. The van der Waals surface area contributed by atoms with Gasteiger partial charge in [-0.05, 0) is 63.1 Å². The highest BCUT2D eigenvalue weighted by Crippen LogP contribution is 2.40. The van der Waals surface area contributed by atoms with Gasteiger partial charge in [0.1, 0.15) is 0 Å². The van der Waals surface area contributed by atoms with Gasteiger partial charge in [-0.3, -0.25) is 0 Å². The molecule has 0 radical (unpaired) electrons. The molecule has 0 aromatic heterocycles. The van der Waals surface area contributed by atoms with E-state index in [2.05, 4.69) is 5.32 Å². The molecule has 3 nitrogen and oxygen atoms in total. The minimum atomic E-state index is -0.342. The molecule has 2 aliphatic rings. The fourth-order valence-corrected chi connectivity index (χ4v) is 4.16. The summed E-state index contributed by atoms with van der Waals surface area (Å²) in [7, 11) is 0. The van der Waals surface area contributed by atoms with E-state index in [0.29, 0.717) is 24.8 Å². The normalized spacial score (nSPS) is 40.7. The number of aliphatic hydroxyl groups is 1. The lowest BCUT2D eigenvalue weighted by molar-refractivity contribution is 0.0183. The van der Waals surface area contributed by atoms with Gasteiger partial charge in [0.05, 0.1) is 16.9 Å². The molecule has 0 aromatic carbocycles. The van der Waals surface area contributed by atoms with Crippen molar-refractivity contribution in [2.24, 2.45) is 23.5 Å². The fraction of sp³-hybridized carbons (Fsp3) is 1.00. The van der Waals surface area contributed by atoms with E-state index in [9.17, 15) is 5.11 Å². The Morgan fingerprint density at radius 2 is 1.78 bits per heavy atom. The van der Waals surface area contributed by atoms with Gasteiger partial charge in [-0.15, -0.1) is 23.2 Å². The fourth-order valence-electron chi connectivity index (χ4n) is 3.57. The highest BCUT2D eigenvalue weighted by atomic mass is 35.5. The van der Waals surface area contributed by atoms with Crippen molar-refractivity contribution in [3.05, 3.63) is 0 Å². The maximum absolute atomic E-state index is 10.3. The quantitative estimate of drug-likeness (QED) is 0.692. The van der Waals surface area contributed by atoms with Crippen LogP contribution in [0.15, 0.2) is 0 Å². The molecule has 2 rings (SSSR count). The Labute approximate surface area is 119 Å². The van der Waals surface area contributed by atoms with Crippen molar-refractivity contribution in [3.8, 4) is 0 Å². The molecule has 0 spiro atoms. The first-order valence-corrected chi connectivity index (χ1v) is 7.87. The van der Waals surface area contributed by atoms with E-state index in [1.165, 1.54) is 0 Å². The third-order valence-corrected chi connectivity index (χ3v) is 5.76. The molecule has 106 valence electrons. The van der Waals surface area contributed by atoms with E-state index in [0.717, 1.165) is 32.4 Å². The van der Waals surface area contributed by atoms with Gasteiger partial charge in [-0.25, -0.2) is 0 Å². The summed E-state index contributed by atoms with van der Waals surface area (Å²) in [6.45, 7) is 2.77. The van der Waals surface area contributed by atoms with E-state index in [1.807, 2.05) is 0 Å². The minimum Gasteiger partial charge on any atom is -0.393 e. The van der Waals surface area contributed by atoms with Crippen LogP contribution in [0.25, 0.3) is 0 Å². The van der Waals surface area contributed by atoms with E-state index < -0.39 is 0 Å². The monoisotopic (exact) mass is 294 g/mol. The highest BCUT2D eigenvalue weighted by molar-refractivity contribution is 6.30. The molecule has 1 heterocycles. The van der Waals surface area contributed by atoms with Crippen molar-refractivity contribution in [1.29, 1.82) is 0 Å². The lowest BCUT2D eigenvalue weighted by atomic mass is 9.70. The molecule has 5 heteroatoms. The number of hydrogen-bond acceptors (Lipinski definition) is 3. The van der Waals surface area contributed by atoms with Crippen LogP contribution >= 0.6 is 23.2 Å². The Bertz CT molecular complexity index is 261. The van der Waals surface area contributed by atoms with Crippen LogP contribution < -0.4 is 11.1 Å². The third kappa shape index (κ3) is 3.31. The van der Waals surface area contributed by atoms with Crippen LogP contribution in [0.5, 0.6) is 0 Å². The molecule has 5 atom stereocenters. The molecule has 0 aromatic rings. The molecule has 18 heavy (non-hydrogen) atoms. The Balaban J connectivity index is 2.01. The van der Waals surface area contributed by atoms with Gasteiger partial charge in [0, 0.05) is 0 Å². The summed E-state index contributed by atoms with van der Waals surface area (Å²) in [5, 5.41) is 13.5. The Hall–Kier alpha value is 0.460. The third-order valence-electron chi connectivity index (χ3n) is 4.66. The molecule has 2 fully saturated rings. The van der Waals surface area contributed by atoms with Crippen molar-refractivity contribution >= 4 is 23.2 Å². The number of piperidine rings is 1. The molecule has 1 saturated heterocycles. The van der Waals surface area contributed by atoms with Crippen molar-refractivity contribution in [2.45, 2.75) is 42.5 Å². The average Bonchev–Trinajstić information content (AvgIpc) is 2.38. The summed E-state index contributed by atoms with van der Waals surface area (Å²) < 4.78 is 0. The zero-order valence-corrected chi connectivity index (χ0v) is 12.2. The molecule has 5 unspecified atom stereocenters. The molecule has 1 aliphatic carbocycles. The minimum absolute atomic E-state index is 0.0316. The van der Waals surface area contributed by atoms with Crippen molar-refractivity contribution in [3.63, 3.8) is 0 Å². The van der Waals surface area contributed by atoms with Gasteiger partial charge >= 0.3 is 0 Å². The Morgan fingerprint density at radius 1 is 1.17 bits per heavy atom. The van der Waals surface area contributed by atoms with Gasteiger partial charge in [-0.1, -0.05) is 0 Å². The number of nitrogens with one attached hydrogen (secondary N) is 1. The molecule has 1 aliphatic heterocycles. The van der Waals surface area contributed by atoms with Gasteiger partial charge in [-0.2, -0.15) is 0 Å². The van der Waals surface area contributed by atoms with Crippen LogP contribution in [0.3, 0.4) is 0 Å². The lowest BCUT2D eigenvalue weighted by Gasteiger charge is -2.42. The number of aliphatic hydroxyl groups excluding tert-OH is 1. The zero-order valence-electron chi connectivity index (χ0n) is 10.7. The molecule has 1 saturated carbocycles. The van der Waals surface area contributed by atoms with Crippen molar-refractivity contribution in [1.82, 2.24) is 5.32 Å². The van der Waals surface area contributed by atoms with Crippen LogP contribution in [0.1, 0.15) is 25.7 Å². The largest absolute Gasteiger partial charge is 0.393 e. The molecular formula is C13H24Cl2N2O. The van der Waals surface area contributed by atoms with Crippen LogP contribution in [0.2, 0.25) is 0 Å². The average molecular weight is 295 g/mol. The first-order valence-electron chi connectivity index (χ1n) is 7.00. The second kappa shape index (κ2) is 6.76. The van der Waals surface area contributed by atoms with E-state index in [-0.39, 0.29) is 22.8 Å². The summed E-state index contributed by atoms with van der Waals surface area (Å²) in [5.74, 6) is 1.22. The molecule has 4 N–H and O–H groups in total. The summed E-state index contributed by atoms with van der Waals surface area (Å²) in [5.41, 5.74) is 5.97. The Morgan fingerprint density at radius 3 is 2.39 bits per heavy atom. The second-order valence-electron chi connectivity index (χ2n) is 5.72. The summed E-state index contributed by atoms with van der Waals surface area (Å²) in [4.78, 5) is 0. The predicted molar refractivity (Wildman–Crippen MR) is 76.2 cm³/mol. The number of rotatable bonds is 3. The van der Waals surface area contributed by atoms with Gasteiger partial charge in [0.2, 0.25) is 0 Å². The maximum Gasteiger partial charge on any atom is 0.0586 e. The van der Waals surface area contributed by atoms with Crippen LogP contribution in [-0.4, -0.2) is 41.6 Å². The summed E-state index contributed by atoms with van der Waals surface area (Å²) in [6, 6.07) is 0.